The van der Waals surface area contributed by atoms with Crippen LogP contribution in [0.1, 0.15) is 44.2 Å². The Bertz CT molecular complexity index is 439. The molecular formula is C17H28N2O. The van der Waals surface area contributed by atoms with Crippen molar-refractivity contribution in [3.8, 4) is 5.75 Å². The number of fused-ring (bicyclic) bond motifs is 1. The van der Waals surface area contributed by atoms with E-state index in [-0.39, 0.29) is 0 Å². The van der Waals surface area contributed by atoms with Gasteiger partial charge in [-0.25, -0.2) is 0 Å². The van der Waals surface area contributed by atoms with Crippen LogP contribution in [0.2, 0.25) is 0 Å². The lowest BCUT2D eigenvalue weighted by atomic mass is 9.86. The van der Waals surface area contributed by atoms with Gasteiger partial charge in [-0.05, 0) is 62.4 Å². The molecule has 0 amide bonds. The Hall–Kier alpha value is -1.22. The maximum atomic E-state index is 6.28. The normalized spacial score (nSPS) is 18.1. The summed E-state index contributed by atoms with van der Waals surface area (Å²) in [6, 6.07) is 4.83. The van der Waals surface area contributed by atoms with Gasteiger partial charge in [0.1, 0.15) is 5.75 Å². The summed E-state index contributed by atoms with van der Waals surface area (Å²) < 4.78 is 5.36. The third-order valence-corrected chi connectivity index (χ3v) is 4.36. The average molecular weight is 276 g/mol. The van der Waals surface area contributed by atoms with Crippen LogP contribution in [0.25, 0.3) is 0 Å². The van der Waals surface area contributed by atoms with Crippen molar-refractivity contribution in [2.75, 3.05) is 25.9 Å². The number of aryl methyl sites for hydroxylation is 1. The van der Waals surface area contributed by atoms with Crippen molar-refractivity contribution in [1.82, 2.24) is 4.90 Å². The molecule has 0 spiro atoms. The van der Waals surface area contributed by atoms with Gasteiger partial charge in [-0.2, -0.15) is 0 Å². The maximum absolute atomic E-state index is 6.28. The molecule has 1 unspecified atom stereocenters. The van der Waals surface area contributed by atoms with Gasteiger partial charge in [0.15, 0.2) is 0 Å². The topological polar surface area (TPSA) is 38.5 Å². The minimum absolute atomic E-state index is 0.636. The molecule has 3 nitrogen and oxygen atoms in total. The first-order valence-electron chi connectivity index (χ1n) is 7.89. The molecule has 0 bridgehead atoms. The quantitative estimate of drug-likeness (QED) is 0.811. The zero-order valence-electron chi connectivity index (χ0n) is 13.1. The van der Waals surface area contributed by atoms with Gasteiger partial charge >= 0.3 is 0 Å². The highest BCUT2D eigenvalue weighted by Crippen LogP contribution is 2.34. The molecule has 0 saturated heterocycles. The molecule has 2 rings (SSSR count). The summed E-state index contributed by atoms with van der Waals surface area (Å²) in [7, 11) is 1.69. The van der Waals surface area contributed by atoms with E-state index in [1.807, 2.05) is 6.07 Å². The molecule has 1 aromatic rings. The summed E-state index contributed by atoms with van der Waals surface area (Å²) in [5, 5.41) is 0. The number of nitrogens with zero attached hydrogens (tertiary/aromatic N) is 1. The first-order valence-corrected chi connectivity index (χ1v) is 7.89. The van der Waals surface area contributed by atoms with Crippen molar-refractivity contribution in [1.29, 1.82) is 0 Å². The standard InChI is InChI=1S/C17H28N2O/c1-4-10-19(11-5-2)14-8-6-13-7-9-16(20-3)17(18)15(13)12-14/h7,9,14H,4-6,8,10-12,18H2,1-3H3. The Morgan fingerprint density at radius 1 is 1.25 bits per heavy atom. The Morgan fingerprint density at radius 2 is 1.95 bits per heavy atom. The van der Waals surface area contributed by atoms with E-state index in [2.05, 4.69) is 24.8 Å². The third kappa shape index (κ3) is 3.09. The lowest BCUT2D eigenvalue weighted by Gasteiger charge is -2.35. The van der Waals surface area contributed by atoms with Gasteiger partial charge < -0.3 is 15.4 Å². The Labute approximate surface area is 123 Å². The number of nitrogen functional groups attached to an aromatic ring is 1. The second-order valence-corrected chi connectivity index (χ2v) is 5.75. The fraction of sp³-hybridized carbons (Fsp3) is 0.647. The van der Waals surface area contributed by atoms with Gasteiger partial charge in [-0.1, -0.05) is 19.9 Å². The van der Waals surface area contributed by atoms with Crippen LogP contribution in [0.3, 0.4) is 0 Å². The predicted octanol–water partition coefficient (Wildman–Crippen LogP) is 3.26. The monoisotopic (exact) mass is 276 g/mol. The first-order chi connectivity index (χ1) is 9.71. The molecule has 0 radical (unpaired) electrons. The summed E-state index contributed by atoms with van der Waals surface area (Å²) >= 11 is 0. The van der Waals surface area contributed by atoms with Crippen molar-refractivity contribution >= 4 is 5.69 Å². The number of hydrogen-bond donors (Lipinski definition) is 1. The van der Waals surface area contributed by atoms with Crippen LogP contribution in [0.15, 0.2) is 12.1 Å². The van der Waals surface area contributed by atoms with E-state index in [4.69, 9.17) is 10.5 Å². The number of methoxy groups -OCH3 is 1. The van der Waals surface area contributed by atoms with Gasteiger partial charge in [0.25, 0.3) is 0 Å². The SMILES string of the molecule is CCCN(CCC)C1CCc2ccc(OC)c(N)c2C1. The van der Waals surface area contributed by atoms with Crippen LogP contribution in [0, 0.1) is 0 Å². The van der Waals surface area contributed by atoms with E-state index < -0.39 is 0 Å². The molecule has 0 aliphatic heterocycles. The van der Waals surface area contributed by atoms with Crippen LogP contribution in [-0.2, 0) is 12.8 Å². The van der Waals surface area contributed by atoms with Crippen LogP contribution in [-0.4, -0.2) is 31.1 Å². The lowest BCUT2D eigenvalue weighted by molar-refractivity contribution is 0.180. The predicted molar refractivity (Wildman–Crippen MR) is 85.4 cm³/mol. The van der Waals surface area contributed by atoms with Crippen molar-refractivity contribution in [2.45, 2.75) is 52.0 Å². The smallest absolute Gasteiger partial charge is 0.142 e. The first kappa shape index (κ1) is 15.2. The summed E-state index contributed by atoms with van der Waals surface area (Å²) in [6.45, 7) is 6.91. The van der Waals surface area contributed by atoms with Crippen molar-refractivity contribution in [2.24, 2.45) is 0 Å². The minimum Gasteiger partial charge on any atom is -0.495 e. The largest absolute Gasteiger partial charge is 0.495 e. The molecule has 0 fully saturated rings. The second-order valence-electron chi connectivity index (χ2n) is 5.75. The van der Waals surface area contributed by atoms with E-state index in [1.165, 1.54) is 43.5 Å². The molecule has 1 aliphatic carbocycles. The summed E-state index contributed by atoms with van der Waals surface area (Å²) in [5.41, 5.74) is 9.86. The molecule has 20 heavy (non-hydrogen) atoms. The Morgan fingerprint density at radius 3 is 2.55 bits per heavy atom. The fourth-order valence-electron chi connectivity index (χ4n) is 3.36. The Balaban J connectivity index is 2.20. The lowest BCUT2D eigenvalue weighted by Crippen LogP contribution is -2.40. The Kier molecular flexibility index (Phi) is 5.30. The highest BCUT2D eigenvalue weighted by molar-refractivity contribution is 5.62. The number of nitrogens with two attached hydrogens (primary N) is 1. The number of hydrogen-bond acceptors (Lipinski definition) is 3. The summed E-state index contributed by atoms with van der Waals surface area (Å²) in [4.78, 5) is 2.64. The summed E-state index contributed by atoms with van der Waals surface area (Å²) in [5.74, 6) is 0.821. The van der Waals surface area contributed by atoms with Gasteiger partial charge in [0.2, 0.25) is 0 Å². The van der Waals surface area contributed by atoms with Crippen molar-refractivity contribution in [3.05, 3.63) is 23.3 Å². The number of rotatable bonds is 6. The van der Waals surface area contributed by atoms with Crippen LogP contribution < -0.4 is 10.5 Å². The number of ether oxygens (including phenoxy) is 1. The molecule has 112 valence electrons. The molecule has 3 heteroatoms. The molecule has 0 heterocycles. The molecule has 0 aromatic heterocycles. The minimum atomic E-state index is 0.636. The second kappa shape index (κ2) is 6.98. The fourth-order valence-corrected chi connectivity index (χ4v) is 3.36. The maximum Gasteiger partial charge on any atom is 0.142 e. The van der Waals surface area contributed by atoms with Crippen molar-refractivity contribution in [3.63, 3.8) is 0 Å². The van der Waals surface area contributed by atoms with E-state index in [0.717, 1.165) is 24.3 Å². The van der Waals surface area contributed by atoms with Gasteiger partial charge in [0.05, 0.1) is 12.8 Å². The van der Waals surface area contributed by atoms with Gasteiger partial charge in [-0.3, -0.25) is 0 Å². The zero-order valence-corrected chi connectivity index (χ0v) is 13.1. The number of anilines is 1. The zero-order chi connectivity index (χ0) is 14.5. The number of benzene rings is 1. The summed E-state index contributed by atoms with van der Waals surface area (Å²) in [6.07, 6.45) is 5.89. The van der Waals surface area contributed by atoms with E-state index in [1.54, 1.807) is 7.11 Å². The van der Waals surface area contributed by atoms with E-state index in [9.17, 15) is 0 Å². The highest BCUT2D eigenvalue weighted by atomic mass is 16.5. The molecule has 1 aromatic carbocycles. The van der Waals surface area contributed by atoms with Gasteiger partial charge in [-0.15, -0.1) is 0 Å². The molecule has 0 saturated carbocycles. The molecule has 1 aliphatic rings. The molecule has 2 N–H and O–H groups in total. The molecular weight excluding hydrogens is 248 g/mol. The van der Waals surface area contributed by atoms with Gasteiger partial charge in [0, 0.05) is 6.04 Å². The van der Waals surface area contributed by atoms with Crippen LogP contribution in [0.5, 0.6) is 5.75 Å². The third-order valence-electron chi connectivity index (χ3n) is 4.36. The van der Waals surface area contributed by atoms with Crippen molar-refractivity contribution < 1.29 is 4.74 Å². The van der Waals surface area contributed by atoms with Crippen LogP contribution in [0.4, 0.5) is 5.69 Å². The highest BCUT2D eigenvalue weighted by Gasteiger charge is 2.25. The van der Waals surface area contributed by atoms with E-state index >= 15 is 0 Å². The van der Waals surface area contributed by atoms with E-state index in [0.29, 0.717) is 6.04 Å². The van der Waals surface area contributed by atoms with Crippen LogP contribution >= 0.6 is 0 Å². The average Bonchev–Trinajstić information content (AvgIpc) is 2.47. The molecule has 1 atom stereocenters.